The Balaban J connectivity index is 1.57. The molecule has 0 saturated carbocycles. The van der Waals surface area contributed by atoms with E-state index in [1.54, 1.807) is 18.2 Å². The molecule has 3 rings (SSSR count). The number of carbonyl (C=O) groups excluding carboxylic acids is 1. The lowest BCUT2D eigenvalue weighted by atomic mass is 10.2. The lowest BCUT2D eigenvalue weighted by molar-refractivity contribution is -0.118. The first-order valence-corrected chi connectivity index (χ1v) is 9.74. The van der Waals surface area contributed by atoms with Gasteiger partial charge >= 0.3 is 0 Å². The van der Waals surface area contributed by atoms with Gasteiger partial charge in [-0.2, -0.15) is 5.10 Å². The number of benzene rings is 2. The third kappa shape index (κ3) is 4.98. The van der Waals surface area contributed by atoms with Crippen LogP contribution in [0.1, 0.15) is 22.5 Å². The highest BCUT2D eigenvalue weighted by Crippen LogP contribution is 2.21. The molecule has 0 aliphatic heterocycles. The van der Waals surface area contributed by atoms with E-state index in [0.717, 1.165) is 17.0 Å². The van der Waals surface area contributed by atoms with Crippen LogP contribution in [0.4, 0.5) is 4.39 Å². The number of amides is 1. The largest absolute Gasteiger partial charge is 0.351 e. The summed E-state index contributed by atoms with van der Waals surface area (Å²) in [6.45, 7) is 5.08. The number of halogens is 1. The maximum Gasteiger partial charge on any atom is 0.230 e. The van der Waals surface area contributed by atoms with Crippen molar-refractivity contribution in [1.29, 1.82) is 0 Å². The highest BCUT2D eigenvalue weighted by Gasteiger charge is 2.13. The summed E-state index contributed by atoms with van der Waals surface area (Å²) >= 11 is 1.20. The molecule has 3 aromatic rings. The molecule has 0 saturated heterocycles. The first kappa shape index (κ1) is 19.2. The summed E-state index contributed by atoms with van der Waals surface area (Å²) in [5.74, 6) is -0.251. The molecule has 0 fully saturated rings. The van der Waals surface area contributed by atoms with Crippen molar-refractivity contribution >= 4 is 17.7 Å². The third-order valence-corrected chi connectivity index (χ3v) is 5.41. The number of nitrogens with zero attached hydrogens (tertiary/aromatic N) is 2. The number of carbonyl (C=O) groups is 1. The van der Waals surface area contributed by atoms with Gasteiger partial charge in [0.2, 0.25) is 5.91 Å². The van der Waals surface area contributed by atoms with Crippen LogP contribution in [0.5, 0.6) is 0 Å². The van der Waals surface area contributed by atoms with E-state index in [4.69, 9.17) is 0 Å². The first-order chi connectivity index (χ1) is 13.0. The predicted octanol–water partition coefficient (Wildman–Crippen LogP) is 4.10. The van der Waals surface area contributed by atoms with Gasteiger partial charge in [0.25, 0.3) is 0 Å². The molecule has 1 heterocycles. The van der Waals surface area contributed by atoms with E-state index in [1.165, 1.54) is 23.4 Å². The number of aryl methyl sites for hydroxylation is 1. The molecule has 27 heavy (non-hydrogen) atoms. The van der Waals surface area contributed by atoms with Gasteiger partial charge in [0.1, 0.15) is 5.82 Å². The number of rotatable bonds is 7. The standard InChI is InChI=1S/C21H22FN3OS/c1-15-18(16(2)25(24-15)13-17-8-4-3-5-9-17)12-23-21(26)14-27-20-11-7-6-10-19(20)22/h3-11H,12-14H2,1-2H3,(H,23,26). The molecule has 140 valence electrons. The van der Waals surface area contributed by atoms with Gasteiger partial charge in [0, 0.05) is 22.7 Å². The molecular weight excluding hydrogens is 361 g/mol. The van der Waals surface area contributed by atoms with Crippen LogP contribution < -0.4 is 5.32 Å². The number of aromatic nitrogens is 2. The maximum atomic E-state index is 13.6. The average molecular weight is 383 g/mol. The van der Waals surface area contributed by atoms with E-state index in [1.807, 2.05) is 36.7 Å². The first-order valence-electron chi connectivity index (χ1n) is 8.75. The molecule has 0 spiro atoms. The SMILES string of the molecule is Cc1nn(Cc2ccccc2)c(C)c1CNC(=O)CSc1ccccc1F. The van der Waals surface area contributed by atoms with Crippen LogP contribution in [-0.2, 0) is 17.9 Å². The Kier molecular flexibility index (Phi) is 6.29. The zero-order valence-corrected chi connectivity index (χ0v) is 16.2. The Morgan fingerprint density at radius 1 is 1.11 bits per heavy atom. The number of thioether (sulfide) groups is 1. The molecule has 0 unspecified atom stereocenters. The Bertz CT molecular complexity index is 924. The monoisotopic (exact) mass is 383 g/mol. The van der Waals surface area contributed by atoms with Crippen molar-refractivity contribution in [2.45, 2.75) is 31.8 Å². The molecule has 2 aromatic carbocycles. The van der Waals surface area contributed by atoms with Gasteiger partial charge in [0.15, 0.2) is 0 Å². The van der Waals surface area contributed by atoms with Crippen molar-refractivity contribution in [3.05, 3.63) is 82.9 Å². The second kappa shape index (κ2) is 8.86. The number of hydrogen-bond donors (Lipinski definition) is 1. The number of hydrogen-bond acceptors (Lipinski definition) is 3. The van der Waals surface area contributed by atoms with Gasteiger partial charge in [-0.25, -0.2) is 4.39 Å². The lowest BCUT2D eigenvalue weighted by Crippen LogP contribution is -2.25. The molecule has 0 bridgehead atoms. The minimum absolute atomic E-state index is 0.127. The average Bonchev–Trinajstić information content (AvgIpc) is 2.93. The maximum absolute atomic E-state index is 13.6. The molecule has 4 nitrogen and oxygen atoms in total. The van der Waals surface area contributed by atoms with Gasteiger partial charge < -0.3 is 5.32 Å². The summed E-state index contributed by atoms with van der Waals surface area (Å²) in [5.41, 5.74) is 4.15. The fourth-order valence-electron chi connectivity index (χ4n) is 2.84. The van der Waals surface area contributed by atoms with Gasteiger partial charge in [-0.1, -0.05) is 42.5 Å². The molecule has 0 aliphatic rings. The summed E-state index contributed by atoms with van der Waals surface area (Å²) in [7, 11) is 0. The smallest absolute Gasteiger partial charge is 0.230 e. The minimum Gasteiger partial charge on any atom is -0.351 e. The number of nitrogens with one attached hydrogen (secondary N) is 1. The molecule has 0 aliphatic carbocycles. The molecule has 1 N–H and O–H groups in total. The van der Waals surface area contributed by atoms with Crippen LogP contribution in [0.3, 0.4) is 0 Å². The van der Waals surface area contributed by atoms with Crippen molar-refractivity contribution in [2.24, 2.45) is 0 Å². The summed E-state index contributed by atoms with van der Waals surface area (Å²) < 4.78 is 15.6. The summed E-state index contributed by atoms with van der Waals surface area (Å²) in [4.78, 5) is 12.6. The highest BCUT2D eigenvalue weighted by molar-refractivity contribution is 8.00. The summed E-state index contributed by atoms with van der Waals surface area (Å²) in [6.07, 6.45) is 0. The zero-order valence-electron chi connectivity index (χ0n) is 15.4. The van der Waals surface area contributed by atoms with Gasteiger partial charge in [0.05, 0.1) is 18.0 Å². The Hall–Kier alpha value is -2.60. The third-order valence-electron chi connectivity index (χ3n) is 4.36. The van der Waals surface area contributed by atoms with Crippen molar-refractivity contribution in [2.75, 3.05) is 5.75 Å². The van der Waals surface area contributed by atoms with E-state index in [9.17, 15) is 9.18 Å². The quantitative estimate of drug-likeness (QED) is 0.625. The molecule has 1 amide bonds. The minimum atomic E-state index is -0.302. The van der Waals surface area contributed by atoms with Crippen LogP contribution in [0, 0.1) is 19.7 Å². The second-order valence-electron chi connectivity index (χ2n) is 6.29. The normalized spacial score (nSPS) is 10.8. The summed E-state index contributed by atoms with van der Waals surface area (Å²) in [6, 6.07) is 16.6. The Labute approximate surface area is 162 Å². The summed E-state index contributed by atoms with van der Waals surface area (Å²) in [5, 5.41) is 7.51. The van der Waals surface area contributed by atoms with Crippen molar-refractivity contribution in [3.63, 3.8) is 0 Å². The van der Waals surface area contributed by atoms with Gasteiger partial charge in [-0.15, -0.1) is 11.8 Å². The molecular formula is C21H22FN3OS. The van der Waals surface area contributed by atoms with Gasteiger partial charge in [-0.05, 0) is 31.5 Å². The van der Waals surface area contributed by atoms with E-state index in [2.05, 4.69) is 22.5 Å². The lowest BCUT2D eigenvalue weighted by Gasteiger charge is -2.08. The molecule has 0 atom stereocenters. The van der Waals surface area contributed by atoms with Crippen LogP contribution in [-0.4, -0.2) is 21.4 Å². The van der Waals surface area contributed by atoms with Crippen LogP contribution in [0.15, 0.2) is 59.5 Å². The molecule has 0 radical (unpaired) electrons. The van der Waals surface area contributed by atoms with Crippen molar-refractivity contribution in [1.82, 2.24) is 15.1 Å². The Morgan fingerprint density at radius 2 is 1.81 bits per heavy atom. The molecule has 6 heteroatoms. The Morgan fingerprint density at radius 3 is 2.56 bits per heavy atom. The topological polar surface area (TPSA) is 46.9 Å². The van der Waals surface area contributed by atoms with Gasteiger partial charge in [-0.3, -0.25) is 9.48 Å². The van der Waals surface area contributed by atoms with E-state index in [-0.39, 0.29) is 17.5 Å². The van der Waals surface area contributed by atoms with E-state index >= 15 is 0 Å². The zero-order chi connectivity index (χ0) is 19.2. The van der Waals surface area contributed by atoms with Crippen molar-refractivity contribution < 1.29 is 9.18 Å². The fourth-order valence-corrected chi connectivity index (χ4v) is 3.61. The van der Waals surface area contributed by atoms with Crippen molar-refractivity contribution in [3.8, 4) is 0 Å². The van der Waals surface area contributed by atoms with Crippen LogP contribution in [0.2, 0.25) is 0 Å². The van der Waals surface area contributed by atoms with E-state index in [0.29, 0.717) is 18.0 Å². The predicted molar refractivity (Wildman–Crippen MR) is 106 cm³/mol. The highest BCUT2D eigenvalue weighted by atomic mass is 32.2. The second-order valence-corrected chi connectivity index (χ2v) is 7.31. The van der Waals surface area contributed by atoms with E-state index < -0.39 is 0 Å². The fraction of sp³-hybridized carbons (Fsp3) is 0.238. The van der Waals surface area contributed by atoms with Crippen LogP contribution in [0.25, 0.3) is 0 Å². The van der Waals surface area contributed by atoms with Crippen LogP contribution >= 0.6 is 11.8 Å². The molecule has 1 aromatic heterocycles.